The van der Waals surface area contributed by atoms with Crippen LogP contribution in [0, 0.1) is 0 Å². The minimum absolute atomic E-state index is 0.212. The highest BCUT2D eigenvalue weighted by molar-refractivity contribution is 5.97. The summed E-state index contributed by atoms with van der Waals surface area (Å²) in [6.07, 6.45) is 0. The van der Waals surface area contributed by atoms with E-state index < -0.39 is 17.9 Å². The van der Waals surface area contributed by atoms with Gasteiger partial charge in [0.2, 0.25) is 5.91 Å². The summed E-state index contributed by atoms with van der Waals surface area (Å²) in [6, 6.07) is 7.75. The Kier molecular flexibility index (Phi) is 5.49. The lowest BCUT2D eigenvalue weighted by atomic mass is 10.2. The molecule has 0 aromatic heterocycles. The Morgan fingerprint density at radius 1 is 1.21 bits per heavy atom. The third-order valence-corrected chi connectivity index (χ3v) is 2.36. The molecule has 0 fully saturated rings. The van der Waals surface area contributed by atoms with Crippen molar-refractivity contribution in [3.05, 3.63) is 35.9 Å². The summed E-state index contributed by atoms with van der Waals surface area (Å²) in [5, 5.41) is 4.84. The second-order valence-electron chi connectivity index (χ2n) is 3.85. The number of carbonyl (C=O) groups excluding carboxylic acids is 3. The standard InChI is InChI=1S/C12H16N4O3/c1-8(11(18)16-13)15-10(17)7-14-12(19)9-5-3-2-4-6-9/h2-6,8H,7,13H2,1H3,(H,14,19)(H,15,17)(H,16,18)/t8-/m1/s1. The van der Waals surface area contributed by atoms with Gasteiger partial charge in [0.15, 0.2) is 0 Å². The van der Waals surface area contributed by atoms with Crippen molar-refractivity contribution in [2.75, 3.05) is 6.54 Å². The van der Waals surface area contributed by atoms with E-state index in [9.17, 15) is 14.4 Å². The molecular formula is C12H16N4O3. The van der Waals surface area contributed by atoms with E-state index in [1.165, 1.54) is 6.92 Å². The van der Waals surface area contributed by atoms with Crippen molar-refractivity contribution >= 4 is 17.7 Å². The van der Waals surface area contributed by atoms with Gasteiger partial charge in [-0.15, -0.1) is 0 Å². The van der Waals surface area contributed by atoms with Gasteiger partial charge in [0.05, 0.1) is 6.54 Å². The predicted octanol–water partition coefficient (Wildman–Crippen LogP) is -1.09. The zero-order chi connectivity index (χ0) is 14.3. The molecule has 19 heavy (non-hydrogen) atoms. The summed E-state index contributed by atoms with van der Waals surface area (Å²) in [7, 11) is 0. The zero-order valence-corrected chi connectivity index (χ0v) is 10.5. The van der Waals surface area contributed by atoms with E-state index in [1.54, 1.807) is 30.3 Å². The lowest BCUT2D eigenvalue weighted by Gasteiger charge is -2.12. The summed E-state index contributed by atoms with van der Waals surface area (Å²) >= 11 is 0. The van der Waals surface area contributed by atoms with Gasteiger partial charge in [-0.05, 0) is 19.1 Å². The molecule has 0 spiro atoms. The van der Waals surface area contributed by atoms with Crippen molar-refractivity contribution in [1.29, 1.82) is 0 Å². The van der Waals surface area contributed by atoms with Crippen LogP contribution < -0.4 is 21.9 Å². The van der Waals surface area contributed by atoms with Gasteiger partial charge in [-0.3, -0.25) is 19.8 Å². The largest absolute Gasteiger partial charge is 0.343 e. The van der Waals surface area contributed by atoms with Gasteiger partial charge in [0, 0.05) is 5.56 Å². The Bertz CT molecular complexity index is 461. The van der Waals surface area contributed by atoms with Crippen LogP contribution in [0.5, 0.6) is 0 Å². The molecule has 0 radical (unpaired) electrons. The third-order valence-electron chi connectivity index (χ3n) is 2.36. The highest BCUT2D eigenvalue weighted by atomic mass is 16.2. The minimum atomic E-state index is -0.758. The Balaban J connectivity index is 2.39. The quantitative estimate of drug-likeness (QED) is 0.307. The molecule has 0 unspecified atom stereocenters. The van der Waals surface area contributed by atoms with E-state index >= 15 is 0 Å². The molecule has 0 bridgehead atoms. The maximum atomic E-state index is 11.6. The topological polar surface area (TPSA) is 113 Å². The Labute approximate surface area is 110 Å². The number of hydrogen-bond donors (Lipinski definition) is 4. The van der Waals surface area contributed by atoms with Gasteiger partial charge >= 0.3 is 0 Å². The van der Waals surface area contributed by atoms with Gasteiger partial charge < -0.3 is 10.6 Å². The fourth-order valence-corrected chi connectivity index (χ4v) is 1.34. The molecule has 102 valence electrons. The zero-order valence-electron chi connectivity index (χ0n) is 10.5. The predicted molar refractivity (Wildman–Crippen MR) is 68.7 cm³/mol. The summed E-state index contributed by atoms with van der Waals surface area (Å²) in [6.45, 7) is 1.27. The highest BCUT2D eigenvalue weighted by Gasteiger charge is 2.14. The molecule has 1 rings (SSSR count). The fraction of sp³-hybridized carbons (Fsp3) is 0.250. The number of nitrogens with one attached hydrogen (secondary N) is 3. The number of rotatable bonds is 5. The van der Waals surface area contributed by atoms with Gasteiger partial charge in [0.25, 0.3) is 11.8 Å². The molecule has 7 nitrogen and oxygen atoms in total. The van der Waals surface area contributed by atoms with Crippen molar-refractivity contribution in [3.8, 4) is 0 Å². The lowest BCUT2D eigenvalue weighted by Crippen LogP contribution is -2.49. The number of hydrogen-bond acceptors (Lipinski definition) is 4. The summed E-state index contributed by atoms with van der Waals surface area (Å²) in [5.41, 5.74) is 2.38. The van der Waals surface area contributed by atoms with Gasteiger partial charge in [-0.25, -0.2) is 5.84 Å². The summed E-state index contributed by atoms with van der Waals surface area (Å²) in [5.74, 6) is 3.59. The van der Waals surface area contributed by atoms with Crippen molar-refractivity contribution < 1.29 is 14.4 Å². The second kappa shape index (κ2) is 7.12. The molecule has 0 saturated carbocycles. The molecular weight excluding hydrogens is 248 g/mol. The minimum Gasteiger partial charge on any atom is -0.343 e. The van der Waals surface area contributed by atoms with Crippen LogP contribution in [0.25, 0.3) is 0 Å². The van der Waals surface area contributed by atoms with Crippen molar-refractivity contribution in [2.24, 2.45) is 5.84 Å². The summed E-state index contributed by atoms with van der Waals surface area (Å²) < 4.78 is 0. The van der Waals surface area contributed by atoms with Crippen LogP contribution in [0.2, 0.25) is 0 Å². The molecule has 3 amide bonds. The molecule has 0 aliphatic rings. The molecule has 0 heterocycles. The van der Waals surface area contributed by atoms with Crippen LogP contribution >= 0.6 is 0 Å². The monoisotopic (exact) mass is 264 g/mol. The first kappa shape index (κ1) is 14.7. The first-order valence-corrected chi connectivity index (χ1v) is 5.67. The molecule has 0 saturated heterocycles. The first-order valence-electron chi connectivity index (χ1n) is 5.67. The van der Waals surface area contributed by atoms with Crippen LogP contribution in [-0.4, -0.2) is 30.3 Å². The van der Waals surface area contributed by atoms with Crippen LogP contribution in [0.1, 0.15) is 17.3 Å². The van der Waals surface area contributed by atoms with E-state index in [-0.39, 0.29) is 12.5 Å². The third kappa shape index (κ3) is 4.76. The molecule has 0 aliphatic carbocycles. The maximum absolute atomic E-state index is 11.6. The van der Waals surface area contributed by atoms with Crippen molar-refractivity contribution in [2.45, 2.75) is 13.0 Å². The van der Waals surface area contributed by atoms with Gasteiger partial charge in [-0.1, -0.05) is 18.2 Å². The molecule has 0 aliphatic heterocycles. The molecule has 7 heteroatoms. The van der Waals surface area contributed by atoms with Crippen LogP contribution in [0.4, 0.5) is 0 Å². The molecule has 1 atom stereocenters. The number of amides is 3. The van der Waals surface area contributed by atoms with E-state index in [1.807, 2.05) is 5.43 Å². The summed E-state index contributed by atoms with van der Waals surface area (Å²) in [4.78, 5) is 34.2. The number of carbonyl (C=O) groups is 3. The highest BCUT2D eigenvalue weighted by Crippen LogP contribution is 1.97. The number of nitrogens with two attached hydrogens (primary N) is 1. The number of hydrazine groups is 1. The average Bonchev–Trinajstić information content (AvgIpc) is 2.44. The first-order chi connectivity index (χ1) is 9.04. The van der Waals surface area contributed by atoms with E-state index in [4.69, 9.17) is 5.84 Å². The average molecular weight is 264 g/mol. The van der Waals surface area contributed by atoms with Crippen molar-refractivity contribution in [3.63, 3.8) is 0 Å². The molecule has 1 aromatic rings. The maximum Gasteiger partial charge on any atom is 0.256 e. The van der Waals surface area contributed by atoms with Gasteiger partial charge in [-0.2, -0.15) is 0 Å². The van der Waals surface area contributed by atoms with Crippen molar-refractivity contribution in [1.82, 2.24) is 16.1 Å². The second-order valence-corrected chi connectivity index (χ2v) is 3.85. The van der Waals surface area contributed by atoms with Crippen LogP contribution in [0.15, 0.2) is 30.3 Å². The molecule has 1 aromatic carbocycles. The Hall–Kier alpha value is -2.41. The lowest BCUT2D eigenvalue weighted by molar-refractivity contribution is -0.128. The number of benzene rings is 1. The smallest absolute Gasteiger partial charge is 0.256 e. The fourth-order valence-electron chi connectivity index (χ4n) is 1.34. The van der Waals surface area contributed by atoms with E-state index in [2.05, 4.69) is 10.6 Å². The molecule has 5 N–H and O–H groups in total. The van der Waals surface area contributed by atoms with Crippen LogP contribution in [-0.2, 0) is 9.59 Å². The SMILES string of the molecule is C[C@@H](NC(=O)CNC(=O)c1ccccc1)C(=O)NN. The van der Waals surface area contributed by atoms with E-state index in [0.29, 0.717) is 5.56 Å². The Morgan fingerprint density at radius 3 is 2.42 bits per heavy atom. The normalized spacial score (nSPS) is 11.3. The Morgan fingerprint density at radius 2 is 1.84 bits per heavy atom. The van der Waals surface area contributed by atoms with Crippen LogP contribution in [0.3, 0.4) is 0 Å². The van der Waals surface area contributed by atoms with Gasteiger partial charge in [0.1, 0.15) is 6.04 Å². The van der Waals surface area contributed by atoms with E-state index in [0.717, 1.165) is 0 Å².